The molecular weight excluding hydrogens is 318 g/mol. The van der Waals surface area contributed by atoms with Crippen molar-refractivity contribution in [3.63, 3.8) is 0 Å². The molecule has 0 radical (unpaired) electrons. The molecule has 24 heavy (non-hydrogen) atoms. The lowest BCUT2D eigenvalue weighted by Crippen LogP contribution is -2.33. The molecule has 2 aliphatic rings. The molecule has 0 aliphatic carbocycles. The van der Waals surface area contributed by atoms with Gasteiger partial charge in [-0.2, -0.15) is 0 Å². The summed E-state index contributed by atoms with van der Waals surface area (Å²) in [6.07, 6.45) is -0.934. The lowest BCUT2D eigenvalue weighted by atomic mass is 10.1. The standard InChI is InChI=1S/C14H19N5O5/c15-6-1-2-23-12(6)8-9-13(17-4-16-8)19(5-18-9)14-11(22)10(21)7(3-20)24-14/h4-7,10-12,14,20-22H,1-3,15H2/t6-,7-,10-,11-,12?,14-/m1/s1. The third kappa shape index (κ3) is 2.31. The van der Waals surface area contributed by atoms with Gasteiger partial charge in [0.15, 0.2) is 11.9 Å². The highest BCUT2D eigenvalue weighted by atomic mass is 16.6. The maximum atomic E-state index is 10.2. The zero-order valence-corrected chi connectivity index (χ0v) is 12.8. The van der Waals surface area contributed by atoms with Gasteiger partial charge in [-0.05, 0) is 6.42 Å². The maximum Gasteiger partial charge on any atom is 0.165 e. The van der Waals surface area contributed by atoms with Crippen LogP contribution in [0.15, 0.2) is 12.7 Å². The van der Waals surface area contributed by atoms with Crippen LogP contribution in [0.25, 0.3) is 11.2 Å². The van der Waals surface area contributed by atoms with Crippen molar-refractivity contribution in [1.82, 2.24) is 19.5 Å². The van der Waals surface area contributed by atoms with Gasteiger partial charge in [-0.1, -0.05) is 0 Å². The van der Waals surface area contributed by atoms with E-state index in [1.54, 1.807) is 0 Å². The Hall–Kier alpha value is -1.69. The van der Waals surface area contributed by atoms with E-state index in [0.29, 0.717) is 23.5 Å². The van der Waals surface area contributed by atoms with Gasteiger partial charge in [-0.3, -0.25) is 4.57 Å². The molecule has 6 atom stereocenters. The first-order valence-electron chi connectivity index (χ1n) is 7.79. The molecule has 0 saturated carbocycles. The highest BCUT2D eigenvalue weighted by molar-refractivity contribution is 5.73. The number of fused-ring (bicyclic) bond motifs is 1. The van der Waals surface area contributed by atoms with Gasteiger partial charge >= 0.3 is 0 Å². The molecule has 2 saturated heterocycles. The highest BCUT2D eigenvalue weighted by Gasteiger charge is 2.44. The van der Waals surface area contributed by atoms with Gasteiger partial charge in [0, 0.05) is 12.6 Å². The Morgan fingerprint density at radius 3 is 2.75 bits per heavy atom. The van der Waals surface area contributed by atoms with Crippen molar-refractivity contribution in [2.45, 2.75) is 43.1 Å². The van der Waals surface area contributed by atoms with Crippen LogP contribution >= 0.6 is 0 Å². The van der Waals surface area contributed by atoms with Crippen molar-refractivity contribution >= 4 is 11.2 Å². The average Bonchev–Trinajstić information content (AvgIpc) is 3.27. The fourth-order valence-electron chi connectivity index (χ4n) is 3.26. The summed E-state index contributed by atoms with van der Waals surface area (Å²) in [5, 5.41) is 29.3. The first-order chi connectivity index (χ1) is 11.6. The number of nitrogens with two attached hydrogens (primary N) is 1. The molecule has 4 heterocycles. The van der Waals surface area contributed by atoms with Crippen molar-refractivity contribution in [2.75, 3.05) is 13.2 Å². The van der Waals surface area contributed by atoms with E-state index < -0.39 is 31.1 Å². The molecule has 0 spiro atoms. The summed E-state index contributed by atoms with van der Waals surface area (Å²) in [5.74, 6) is 0. The van der Waals surface area contributed by atoms with E-state index in [4.69, 9.17) is 15.2 Å². The fraction of sp³-hybridized carbons (Fsp3) is 0.643. The Balaban J connectivity index is 1.74. The van der Waals surface area contributed by atoms with E-state index in [1.807, 2.05) is 0 Å². The number of rotatable bonds is 3. The topological polar surface area (TPSA) is 149 Å². The second-order valence-electron chi connectivity index (χ2n) is 6.06. The summed E-state index contributed by atoms with van der Waals surface area (Å²) in [6.45, 7) is 0.166. The summed E-state index contributed by atoms with van der Waals surface area (Å²) >= 11 is 0. The predicted molar refractivity (Wildman–Crippen MR) is 79.6 cm³/mol. The number of hydrogen-bond donors (Lipinski definition) is 4. The van der Waals surface area contributed by atoms with Crippen LogP contribution in [0.3, 0.4) is 0 Å². The minimum absolute atomic E-state index is 0.165. The van der Waals surface area contributed by atoms with Gasteiger partial charge in [0.1, 0.15) is 42.0 Å². The molecule has 0 amide bonds. The molecule has 0 aromatic carbocycles. The third-order valence-electron chi connectivity index (χ3n) is 4.59. The Labute approximate surface area is 136 Å². The van der Waals surface area contributed by atoms with Crippen LogP contribution in [-0.2, 0) is 9.47 Å². The second-order valence-corrected chi connectivity index (χ2v) is 6.06. The second kappa shape index (κ2) is 5.99. The van der Waals surface area contributed by atoms with Crippen molar-refractivity contribution in [3.8, 4) is 0 Å². The average molecular weight is 337 g/mol. The SMILES string of the molecule is N[C@@H]1CCOC1c1ncnc2c1ncn2[C@@H]1O[C@H](CO)[C@@H](O)[C@H]1O. The lowest BCUT2D eigenvalue weighted by Gasteiger charge is -2.17. The van der Waals surface area contributed by atoms with Crippen LogP contribution in [0.5, 0.6) is 0 Å². The number of ether oxygens (including phenoxy) is 2. The molecule has 130 valence electrons. The molecule has 2 aliphatic heterocycles. The van der Waals surface area contributed by atoms with E-state index in [9.17, 15) is 15.3 Å². The molecule has 5 N–H and O–H groups in total. The van der Waals surface area contributed by atoms with Gasteiger partial charge in [0.2, 0.25) is 0 Å². The lowest BCUT2D eigenvalue weighted by molar-refractivity contribution is -0.0511. The summed E-state index contributed by atoms with van der Waals surface area (Å²) < 4.78 is 12.7. The largest absolute Gasteiger partial charge is 0.394 e. The molecule has 10 heteroatoms. The van der Waals surface area contributed by atoms with Crippen LogP contribution in [0.2, 0.25) is 0 Å². The zero-order chi connectivity index (χ0) is 16.8. The molecule has 2 aromatic heterocycles. The molecule has 4 rings (SSSR count). The number of imidazole rings is 1. The van der Waals surface area contributed by atoms with Gasteiger partial charge in [0.25, 0.3) is 0 Å². The number of aliphatic hydroxyl groups is 3. The molecule has 0 bridgehead atoms. The van der Waals surface area contributed by atoms with Crippen molar-refractivity contribution < 1.29 is 24.8 Å². The summed E-state index contributed by atoms with van der Waals surface area (Å²) in [6, 6.07) is -0.165. The van der Waals surface area contributed by atoms with Crippen LogP contribution in [-0.4, -0.2) is 72.4 Å². The number of hydrogen-bond acceptors (Lipinski definition) is 9. The first-order valence-corrected chi connectivity index (χ1v) is 7.79. The Kier molecular flexibility index (Phi) is 3.95. The van der Waals surface area contributed by atoms with Crippen LogP contribution in [0.1, 0.15) is 24.4 Å². The molecule has 2 fully saturated rings. The maximum absolute atomic E-state index is 10.2. The Bertz CT molecular complexity index is 739. The normalized spacial score (nSPS) is 36.7. The minimum Gasteiger partial charge on any atom is -0.394 e. The van der Waals surface area contributed by atoms with Gasteiger partial charge in [-0.25, -0.2) is 15.0 Å². The summed E-state index contributed by atoms with van der Waals surface area (Å²) in [4.78, 5) is 12.8. The third-order valence-corrected chi connectivity index (χ3v) is 4.59. The van der Waals surface area contributed by atoms with Crippen molar-refractivity contribution in [2.24, 2.45) is 5.73 Å². The zero-order valence-electron chi connectivity index (χ0n) is 12.8. The van der Waals surface area contributed by atoms with Crippen LogP contribution in [0, 0.1) is 0 Å². The van der Waals surface area contributed by atoms with Crippen LogP contribution in [0.4, 0.5) is 0 Å². The van der Waals surface area contributed by atoms with Crippen molar-refractivity contribution in [3.05, 3.63) is 18.3 Å². The van der Waals surface area contributed by atoms with E-state index in [2.05, 4.69) is 15.0 Å². The van der Waals surface area contributed by atoms with Crippen molar-refractivity contribution in [1.29, 1.82) is 0 Å². The molecule has 1 unspecified atom stereocenters. The van der Waals surface area contributed by atoms with Gasteiger partial charge in [0.05, 0.1) is 12.9 Å². The molecular formula is C14H19N5O5. The minimum atomic E-state index is -1.21. The quantitative estimate of drug-likeness (QED) is 0.510. The number of aliphatic hydroxyl groups excluding tert-OH is 3. The van der Waals surface area contributed by atoms with Gasteiger partial charge in [-0.15, -0.1) is 0 Å². The number of nitrogens with zero attached hydrogens (tertiary/aromatic N) is 4. The Morgan fingerprint density at radius 2 is 2.08 bits per heavy atom. The Morgan fingerprint density at radius 1 is 1.25 bits per heavy atom. The number of aromatic nitrogens is 4. The van der Waals surface area contributed by atoms with E-state index in [-0.39, 0.29) is 12.1 Å². The van der Waals surface area contributed by atoms with Gasteiger partial charge < -0.3 is 30.5 Å². The molecule has 2 aromatic rings. The summed E-state index contributed by atoms with van der Waals surface area (Å²) in [5.41, 5.74) is 7.61. The highest BCUT2D eigenvalue weighted by Crippen LogP contribution is 2.34. The predicted octanol–water partition coefficient (Wildman–Crippen LogP) is -1.77. The van der Waals surface area contributed by atoms with E-state index >= 15 is 0 Å². The van der Waals surface area contributed by atoms with E-state index in [0.717, 1.165) is 6.42 Å². The monoisotopic (exact) mass is 337 g/mol. The smallest absolute Gasteiger partial charge is 0.165 e. The molecule has 10 nitrogen and oxygen atoms in total. The first kappa shape index (κ1) is 15.8. The van der Waals surface area contributed by atoms with E-state index in [1.165, 1.54) is 17.2 Å². The summed E-state index contributed by atoms with van der Waals surface area (Å²) in [7, 11) is 0. The fourth-order valence-corrected chi connectivity index (χ4v) is 3.26. The van der Waals surface area contributed by atoms with Crippen LogP contribution < -0.4 is 5.73 Å².